The molecule has 174 valence electrons. The molecule has 11 nitrogen and oxygen atoms in total. The molecule has 2 heterocycles. The zero-order valence-electron chi connectivity index (χ0n) is 18.3. The lowest BCUT2D eigenvalue weighted by Gasteiger charge is -2.09. The van der Waals surface area contributed by atoms with E-state index >= 15 is 0 Å². The van der Waals surface area contributed by atoms with Crippen LogP contribution in [0.2, 0.25) is 0 Å². The van der Waals surface area contributed by atoms with Crippen molar-refractivity contribution in [3.05, 3.63) is 89.0 Å². The molecule has 12 heteroatoms. The first kappa shape index (κ1) is 23.0. The van der Waals surface area contributed by atoms with E-state index in [1.807, 2.05) is 18.2 Å². The highest BCUT2D eigenvalue weighted by Crippen LogP contribution is 2.12. The molecule has 0 aliphatic rings. The molecule has 0 saturated heterocycles. The molecule has 0 aliphatic heterocycles. The van der Waals surface area contributed by atoms with Crippen LogP contribution in [0.3, 0.4) is 0 Å². The van der Waals surface area contributed by atoms with Gasteiger partial charge in [-0.15, -0.1) is 5.10 Å². The summed E-state index contributed by atoms with van der Waals surface area (Å²) in [5, 5.41) is 4.09. The number of aryl methyl sites for hydroxylation is 2. The zero-order chi connectivity index (χ0) is 24.3. The monoisotopic (exact) mass is 479 g/mol. The first-order valence-electron chi connectivity index (χ1n) is 10.2. The van der Waals surface area contributed by atoms with Crippen LogP contribution in [0.1, 0.15) is 37.9 Å². The molecule has 0 radical (unpaired) electrons. The van der Waals surface area contributed by atoms with Gasteiger partial charge in [-0.05, 0) is 43.7 Å². The van der Waals surface area contributed by atoms with E-state index in [1.165, 1.54) is 28.8 Å². The summed E-state index contributed by atoms with van der Waals surface area (Å²) >= 11 is 0. The van der Waals surface area contributed by atoms with Crippen molar-refractivity contribution in [3.63, 3.8) is 0 Å². The first-order chi connectivity index (χ1) is 16.2. The lowest BCUT2D eigenvalue weighted by Crippen LogP contribution is -2.42. The molecule has 0 aliphatic carbocycles. The van der Waals surface area contributed by atoms with Crippen LogP contribution >= 0.6 is 0 Å². The normalized spacial score (nSPS) is 11.4. The van der Waals surface area contributed by atoms with Gasteiger partial charge in [0.05, 0.1) is 4.90 Å². The Labute approximate surface area is 195 Å². The number of nitrogens with zero attached hydrogens (tertiary/aromatic N) is 4. The average molecular weight is 480 g/mol. The number of benzene rings is 2. The quantitative estimate of drug-likeness (QED) is 0.353. The third-order valence-corrected chi connectivity index (χ3v) is 6.23. The van der Waals surface area contributed by atoms with Crippen LogP contribution in [-0.4, -0.2) is 39.8 Å². The van der Waals surface area contributed by atoms with Gasteiger partial charge in [0, 0.05) is 23.5 Å². The summed E-state index contributed by atoms with van der Waals surface area (Å²) in [6.45, 7) is 3.71. The maximum absolute atomic E-state index is 12.6. The van der Waals surface area contributed by atoms with Gasteiger partial charge in [-0.25, -0.2) is 22.6 Å². The number of nitrogens with one attached hydrogen (secondary N) is 3. The molecule has 0 bridgehead atoms. The highest BCUT2D eigenvalue weighted by molar-refractivity contribution is 7.89. The first-order valence-corrected chi connectivity index (χ1v) is 11.7. The number of fused-ring (bicyclic) bond motifs is 1. The number of hydrazine groups is 1. The zero-order valence-corrected chi connectivity index (χ0v) is 19.1. The second-order valence-electron chi connectivity index (χ2n) is 7.43. The standard InChI is InChI=1S/C22H21N7O4S/c1-14-11-15(2)29-22(24-14)25-19(28-29)21(31)27-26-20(30)17-9-6-10-18(12-17)34(32,33)23-13-16-7-4-3-5-8-16/h3-12,23H,13H2,1-2H3,(H,26,30)(H,27,31). The Morgan fingerprint density at radius 2 is 1.65 bits per heavy atom. The minimum absolute atomic E-state index is 0.0407. The average Bonchev–Trinajstić information content (AvgIpc) is 3.26. The molecule has 0 fully saturated rings. The van der Waals surface area contributed by atoms with Crippen LogP contribution in [0.25, 0.3) is 5.78 Å². The number of carbonyl (C=O) groups excluding carboxylic acids is 2. The Bertz CT molecular complexity index is 1480. The second kappa shape index (κ2) is 9.37. The number of amides is 2. The van der Waals surface area contributed by atoms with E-state index in [0.717, 1.165) is 17.0 Å². The van der Waals surface area contributed by atoms with Crippen molar-refractivity contribution < 1.29 is 18.0 Å². The van der Waals surface area contributed by atoms with Gasteiger partial charge >= 0.3 is 5.91 Å². The minimum Gasteiger partial charge on any atom is -0.267 e. The topological polar surface area (TPSA) is 147 Å². The Kier molecular flexibility index (Phi) is 6.34. The van der Waals surface area contributed by atoms with Gasteiger partial charge in [0.25, 0.3) is 11.7 Å². The van der Waals surface area contributed by atoms with Crippen molar-refractivity contribution in [2.45, 2.75) is 25.3 Å². The Balaban J connectivity index is 1.42. The van der Waals surface area contributed by atoms with E-state index in [2.05, 4.69) is 30.6 Å². The van der Waals surface area contributed by atoms with E-state index in [9.17, 15) is 18.0 Å². The fourth-order valence-electron chi connectivity index (χ4n) is 3.17. The lowest BCUT2D eigenvalue weighted by molar-refractivity contribution is 0.0841. The van der Waals surface area contributed by atoms with Crippen LogP contribution in [0.4, 0.5) is 0 Å². The van der Waals surface area contributed by atoms with Gasteiger partial charge in [-0.2, -0.15) is 4.98 Å². The highest BCUT2D eigenvalue weighted by Gasteiger charge is 2.18. The van der Waals surface area contributed by atoms with Gasteiger partial charge in [-0.1, -0.05) is 36.4 Å². The number of sulfonamides is 1. The van der Waals surface area contributed by atoms with Gasteiger partial charge in [0.15, 0.2) is 0 Å². The molecule has 34 heavy (non-hydrogen) atoms. The molecule has 4 aromatic rings. The molecule has 0 saturated carbocycles. The van der Waals surface area contributed by atoms with Crippen molar-refractivity contribution in [1.29, 1.82) is 0 Å². The van der Waals surface area contributed by atoms with Gasteiger partial charge in [0.2, 0.25) is 15.8 Å². The molecule has 3 N–H and O–H groups in total. The van der Waals surface area contributed by atoms with Crippen molar-refractivity contribution in [2.24, 2.45) is 0 Å². The SMILES string of the molecule is Cc1cc(C)n2nc(C(=O)NNC(=O)c3cccc(S(=O)(=O)NCc4ccccc4)c3)nc2n1. The van der Waals surface area contributed by atoms with Crippen molar-refractivity contribution in [2.75, 3.05) is 0 Å². The fourth-order valence-corrected chi connectivity index (χ4v) is 4.23. The number of hydrogen-bond acceptors (Lipinski definition) is 7. The largest absolute Gasteiger partial charge is 0.309 e. The van der Waals surface area contributed by atoms with Gasteiger partial charge in [-0.3, -0.25) is 20.4 Å². The van der Waals surface area contributed by atoms with E-state index in [4.69, 9.17) is 0 Å². The van der Waals surface area contributed by atoms with Crippen molar-refractivity contribution in [1.82, 2.24) is 35.2 Å². The summed E-state index contributed by atoms with van der Waals surface area (Å²) in [6, 6.07) is 16.3. The number of rotatable bonds is 6. The third-order valence-electron chi connectivity index (χ3n) is 4.83. The van der Waals surface area contributed by atoms with Crippen LogP contribution < -0.4 is 15.6 Å². The molecular weight excluding hydrogens is 458 g/mol. The van der Waals surface area contributed by atoms with Crippen LogP contribution in [0.15, 0.2) is 65.6 Å². The van der Waals surface area contributed by atoms with Gasteiger partial charge < -0.3 is 0 Å². The van der Waals surface area contributed by atoms with Crippen LogP contribution in [0.5, 0.6) is 0 Å². The highest BCUT2D eigenvalue weighted by atomic mass is 32.2. The lowest BCUT2D eigenvalue weighted by atomic mass is 10.2. The van der Waals surface area contributed by atoms with E-state index in [1.54, 1.807) is 32.0 Å². The summed E-state index contributed by atoms with van der Waals surface area (Å²) in [7, 11) is -3.86. The van der Waals surface area contributed by atoms with Gasteiger partial charge in [0.1, 0.15) is 0 Å². The summed E-state index contributed by atoms with van der Waals surface area (Å²) < 4.78 is 29.2. The maximum atomic E-state index is 12.6. The molecule has 4 rings (SSSR count). The molecule has 2 aromatic heterocycles. The summed E-state index contributed by atoms with van der Waals surface area (Å²) in [5.74, 6) is -1.37. The van der Waals surface area contributed by atoms with E-state index in [0.29, 0.717) is 0 Å². The van der Waals surface area contributed by atoms with E-state index < -0.39 is 21.8 Å². The van der Waals surface area contributed by atoms with Crippen molar-refractivity contribution >= 4 is 27.6 Å². The molecule has 0 spiro atoms. The fraction of sp³-hybridized carbons (Fsp3) is 0.136. The number of carbonyl (C=O) groups is 2. The second-order valence-corrected chi connectivity index (χ2v) is 9.20. The Hall–Kier alpha value is -4.16. The predicted octanol–water partition coefficient (Wildman–Crippen LogP) is 1.29. The van der Waals surface area contributed by atoms with Crippen LogP contribution in [-0.2, 0) is 16.6 Å². The number of aromatic nitrogens is 4. The third kappa shape index (κ3) is 5.08. The smallest absolute Gasteiger partial charge is 0.267 e. The molecule has 0 atom stereocenters. The Morgan fingerprint density at radius 1 is 0.912 bits per heavy atom. The Morgan fingerprint density at radius 3 is 2.41 bits per heavy atom. The summed E-state index contributed by atoms with van der Waals surface area (Å²) in [6.07, 6.45) is 0. The molecular formula is C22H21N7O4S. The number of hydrogen-bond donors (Lipinski definition) is 3. The molecule has 2 amide bonds. The van der Waals surface area contributed by atoms with E-state index in [-0.39, 0.29) is 28.6 Å². The van der Waals surface area contributed by atoms with Crippen LogP contribution in [0, 0.1) is 13.8 Å². The maximum Gasteiger partial charge on any atom is 0.309 e. The minimum atomic E-state index is -3.86. The molecule has 0 unspecified atom stereocenters. The molecule has 2 aromatic carbocycles. The summed E-state index contributed by atoms with van der Waals surface area (Å²) in [5.41, 5.74) is 6.78. The predicted molar refractivity (Wildman–Crippen MR) is 122 cm³/mol. The van der Waals surface area contributed by atoms with Crippen molar-refractivity contribution in [3.8, 4) is 0 Å². The summed E-state index contributed by atoms with van der Waals surface area (Å²) in [4.78, 5) is 33.1.